The zero-order valence-electron chi connectivity index (χ0n) is 14.8. The lowest BCUT2D eigenvalue weighted by molar-refractivity contribution is -0.187. The van der Waals surface area contributed by atoms with E-state index in [4.69, 9.17) is 4.74 Å². The zero-order valence-corrected chi connectivity index (χ0v) is 14.8. The molecule has 0 aromatic carbocycles. The molecule has 1 aromatic rings. The van der Waals surface area contributed by atoms with Crippen molar-refractivity contribution in [2.45, 2.75) is 50.8 Å². The lowest BCUT2D eigenvalue weighted by atomic mass is 9.82. The van der Waals surface area contributed by atoms with Crippen molar-refractivity contribution < 1.29 is 9.53 Å². The summed E-state index contributed by atoms with van der Waals surface area (Å²) >= 11 is 0. The van der Waals surface area contributed by atoms with Crippen molar-refractivity contribution in [2.75, 3.05) is 26.2 Å². The molecule has 132 valence electrons. The number of ether oxygens (including phenoxy) is 1. The van der Waals surface area contributed by atoms with Gasteiger partial charge in [0.15, 0.2) is 0 Å². The predicted octanol–water partition coefficient (Wildman–Crippen LogP) is 1.41. The summed E-state index contributed by atoms with van der Waals surface area (Å²) in [7, 11) is 1.96. The second kappa shape index (κ2) is 6.15. The summed E-state index contributed by atoms with van der Waals surface area (Å²) in [5.41, 5.74) is 1.12. The Bertz CT molecular complexity index is 602. The highest BCUT2D eigenvalue weighted by Crippen LogP contribution is 2.38. The van der Waals surface area contributed by atoms with Crippen LogP contribution in [0.15, 0.2) is 12.4 Å². The molecule has 24 heavy (non-hydrogen) atoms. The molecule has 6 heteroatoms. The van der Waals surface area contributed by atoms with Crippen LogP contribution >= 0.6 is 0 Å². The maximum absolute atomic E-state index is 12.3. The van der Waals surface area contributed by atoms with E-state index < -0.39 is 0 Å². The monoisotopic (exact) mass is 332 g/mol. The van der Waals surface area contributed by atoms with Gasteiger partial charge in [0, 0.05) is 45.0 Å². The molecular formula is C18H28N4O2. The summed E-state index contributed by atoms with van der Waals surface area (Å²) < 4.78 is 7.99. The van der Waals surface area contributed by atoms with Crippen LogP contribution < -0.4 is 0 Å². The molecule has 1 saturated carbocycles. The van der Waals surface area contributed by atoms with Gasteiger partial charge in [-0.2, -0.15) is 5.10 Å². The standard InChI is InChI=1S/C18H28N4O2/c1-14-18(24-13-17(23)22(14)12-15-3-4-15)5-7-21(8-6-18)11-16-9-19-20(2)10-16/h9-10,14-15H,3-8,11-13H2,1-2H3/t14-/m1/s1. The molecule has 1 aromatic heterocycles. The average Bonchev–Trinajstić information content (AvgIpc) is 3.31. The highest BCUT2D eigenvalue weighted by atomic mass is 16.5. The predicted molar refractivity (Wildman–Crippen MR) is 90.3 cm³/mol. The minimum absolute atomic E-state index is 0.145. The van der Waals surface area contributed by atoms with Crippen molar-refractivity contribution in [3.8, 4) is 0 Å². The highest BCUT2D eigenvalue weighted by molar-refractivity contribution is 5.78. The second-order valence-corrected chi connectivity index (χ2v) is 7.82. The van der Waals surface area contributed by atoms with Crippen LogP contribution in [0.3, 0.4) is 0 Å². The zero-order chi connectivity index (χ0) is 16.7. The molecule has 1 spiro atoms. The van der Waals surface area contributed by atoms with Crippen molar-refractivity contribution in [1.29, 1.82) is 0 Å². The molecule has 0 unspecified atom stereocenters. The van der Waals surface area contributed by atoms with Gasteiger partial charge in [0.2, 0.25) is 5.91 Å². The van der Waals surface area contributed by atoms with Gasteiger partial charge in [0.25, 0.3) is 0 Å². The molecule has 0 radical (unpaired) electrons. The van der Waals surface area contributed by atoms with Crippen LogP contribution in [0.5, 0.6) is 0 Å². The number of amides is 1. The number of aromatic nitrogens is 2. The molecule has 2 aliphatic heterocycles. The molecule has 0 N–H and O–H groups in total. The van der Waals surface area contributed by atoms with Crippen molar-refractivity contribution in [2.24, 2.45) is 13.0 Å². The summed E-state index contributed by atoms with van der Waals surface area (Å²) in [5.74, 6) is 0.912. The van der Waals surface area contributed by atoms with E-state index in [9.17, 15) is 4.79 Å². The number of carbonyl (C=O) groups excluding carboxylic acids is 1. The fourth-order valence-electron chi connectivity index (χ4n) is 4.21. The molecule has 3 aliphatic rings. The van der Waals surface area contributed by atoms with E-state index in [1.807, 2.05) is 17.9 Å². The van der Waals surface area contributed by atoms with Gasteiger partial charge < -0.3 is 9.64 Å². The fourth-order valence-corrected chi connectivity index (χ4v) is 4.21. The summed E-state index contributed by atoms with van der Waals surface area (Å²) in [4.78, 5) is 16.9. The smallest absolute Gasteiger partial charge is 0.248 e. The van der Waals surface area contributed by atoms with E-state index in [1.54, 1.807) is 0 Å². The number of hydrogen-bond acceptors (Lipinski definition) is 4. The normalized spacial score (nSPS) is 27.8. The number of hydrogen-bond donors (Lipinski definition) is 0. The quantitative estimate of drug-likeness (QED) is 0.837. The molecule has 0 bridgehead atoms. The Morgan fingerprint density at radius 3 is 2.71 bits per heavy atom. The molecule has 1 aliphatic carbocycles. The lowest BCUT2D eigenvalue weighted by Gasteiger charge is -2.51. The van der Waals surface area contributed by atoms with E-state index in [2.05, 4.69) is 28.0 Å². The van der Waals surface area contributed by atoms with E-state index in [-0.39, 0.29) is 24.2 Å². The number of aryl methyl sites for hydroxylation is 1. The van der Waals surface area contributed by atoms with Gasteiger partial charge in [-0.3, -0.25) is 14.4 Å². The molecule has 6 nitrogen and oxygen atoms in total. The van der Waals surface area contributed by atoms with Crippen LogP contribution in [0.2, 0.25) is 0 Å². The van der Waals surface area contributed by atoms with Crippen LogP contribution in [0.1, 0.15) is 38.2 Å². The third-order valence-electron chi connectivity index (χ3n) is 6.05. The molecule has 1 amide bonds. The van der Waals surface area contributed by atoms with Gasteiger partial charge in [-0.15, -0.1) is 0 Å². The van der Waals surface area contributed by atoms with Gasteiger partial charge in [-0.25, -0.2) is 0 Å². The maximum atomic E-state index is 12.3. The van der Waals surface area contributed by atoms with Crippen LogP contribution in [0.25, 0.3) is 0 Å². The highest BCUT2D eigenvalue weighted by Gasteiger charge is 2.48. The van der Waals surface area contributed by atoms with Crippen LogP contribution in [0, 0.1) is 5.92 Å². The van der Waals surface area contributed by atoms with E-state index in [1.165, 1.54) is 18.4 Å². The Morgan fingerprint density at radius 1 is 1.33 bits per heavy atom. The van der Waals surface area contributed by atoms with Crippen LogP contribution in [-0.2, 0) is 23.1 Å². The van der Waals surface area contributed by atoms with Gasteiger partial charge in [0.1, 0.15) is 6.61 Å². The van der Waals surface area contributed by atoms with Gasteiger partial charge in [-0.05, 0) is 38.5 Å². The van der Waals surface area contributed by atoms with Gasteiger partial charge in [0.05, 0.1) is 17.8 Å². The molecule has 1 atom stereocenters. The molecule has 2 saturated heterocycles. The number of likely N-dealkylation sites (tertiary alicyclic amines) is 1. The minimum Gasteiger partial charge on any atom is -0.363 e. The van der Waals surface area contributed by atoms with Crippen molar-refractivity contribution in [3.05, 3.63) is 18.0 Å². The van der Waals surface area contributed by atoms with Crippen LogP contribution in [0.4, 0.5) is 0 Å². The fraction of sp³-hybridized carbons (Fsp3) is 0.778. The topological polar surface area (TPSA) is 50.6 Å². The number of nitrogens with zero attached hydrogens (tertiary/aromatic N) is 4. The van der Waals surface area contributed by atoms with Crippen LogP contribution in [-0.4, -0.2) is 63.4 Å². The van der Waals surface area contributed by atoms with Crippen molar-refractivity contribution >= 4 is 5.91 Å². The first-order chi connectivity index (χ1) is 11.6. The Labute approximate surface area is 143 Å². The van der Waals surface area contributed by atoms with E-state index >= 15 is 0 Å². The molecular weight excluding hydrogens is 304 g/mol. The van der Waals surface area contributed by atoms with E-state index in [0.29, 0.717) is 0 Å². The minimum atomic E-state index is -0.145. The van der Waals surface area contributed by atoms with E-state index in [0.717, 1.165) is 44.9 Å². The lowest BCUT2D eigenvalue weighted by Crippen LogP contribution is -2.64. The molecule has 3 heterocycles. The Kier molecular flexibility index (Phi) is 4.12. The first-order valence-electron chi connectivity index (χ1n) is 9.19. The molecule has 3 fully saturated rings. The summed E-state index contributed by atoms with van der Waals surface area (Å²) in [6.07, 6.45) is 8.60. The summed E-state index contributed by atoms with van der Waals surface area (Å²) in [6.45, 7) is 6.37. The Balaban J connectivity index is 1.38. The summed E-state index contributed by atoms with van der Waals surface area (Å²) in [5, 5.41) is 4.25. The maximum Gasteiger partial charge on any atom is 0.248 e. The third kappa shape index (κ3) is 3.09. The SMILES string of the molecule is C[C@H]1N(CC2CC2)C(=O)COC12CCN(Cc1cnn(C)c1)CC2. The van der Waals surface area contributed by atoms with Gasteiger partial charge >= 0.3 is 0 Å². The Morgan fingerprint density at radius 2 is 2.08 bits per heavy atom. The first-order valence-corrected chi connectivity index (χ1v) is 9.19. The number of piperidine rings is 1. The largest absolute Gasteiger partial charge is 0.363 e. The second-order valence-electron chi connectivity index (χ2n) is 7.82. The third-order valence-corrected chi connectivity index (χ3v) is 6.05. The first kappa shape index (κ1) is 16.1. The molecule has 4 rings (SSSR count). The van der Waals surface area contributed by atoms with Gasteiger partial charge in [-0.1, -0.05) is 0 Å². The number of morpholine rings is 1. The van der Waals surface area contributed by atoms with Crippen molar-refractivity contribution in [1.82, 2.24) is 19.6 Å². The number of rotatable bonds is 4. The average molecular weight is 332 g/mol. The summed E-state index contributed by atoms with van der Waals surface area (Å²) in [6, 6.07) is 0.194. The Hall–Kier alpha value is -1.40. The number of carbonyl (C=O) groups is 1. The van der Waals surface area contributed by atoms with Crippen molar-refractivity contribution in [3.63, 3.8) is 0 Å².